The first-order valence-corrected chi connectivity index (χ1v) is 6.46. The summed E-state index contributed by atoms with van der Waals surface area (Å²) in [7, 11) is 0. The highest BCUT2D eigenvalue weighted by atomic mass is 35.5. The van der Waals surface area contributed by atoms with Gasteiger partial charge in [-0.1, -0.05) is 11.6 Å². The second-order valence-corrected chi connectivity index (χ2v) is 4.41. The highest BCUT2D eigenvalue weighted by Crippen LogP contribution is 2.29. The number of halogens is 3. The molecular weight excluding hydrogens is 288 g/mol. The van der Waals surface area contributed by atoms with Gasteiger partial charge in [-0.05, 0) is 25.1 Å². The molecular formula is C13H14ClF2N3O. The van der Waals surface area contributed by atoms with Gasteiger partial charge in [0, 0.05) is 24.6 Å². The summed E-state index contributed by atoms with van der Waals surface area (Å²) in [6.45, 7) is 0.493. The third kappa shape index (κ3) is 3.60. The highest BCUT2D eigenvalue weighted by molar-refractivity contribution is 6.32. The Hall–Kier alpha value is -1.82. The fraction of sp³-hybridized carbons (Fsp3) is 0.308. The lowest BCUT2D eigenvalue weighted by Gasteiger charge is -2.10. The number of rotatable bonds is 6. The number of anilines is 1. The Kier molecular flexibility index (Phi) is 4.79. The van der Waals surface area contributed by atoms with Crippen molar-refractivity contribution in [1.82, 2.24) is 9.55 Å². The van der Waals surface area contributed by atoms with Gasteiger partial charge in [0.05, 0.1) is 11.6 Å². The van der Waals surface area contributed by atoms with Crippen LogP contribution < -0.4 is 10.1 Å². The topological polar surface area (TPSA) is 39.1 Å². The van der Waals surface area contributed by atoms with Crippen molar-refractivity contribution < 1.29 is 13.5 Å². The summed E-state index contributed by atoms with van der Waals surface area (Å²) < 4.78 is 30.5. The van der Waals surface area contributed by atoms with E-state index in [9.17, 15) is 8.78 Å². The molecule has 0 aliphatic rings. The largest absolute Gasteiger partial charge is 0.433 e. The molecule has 2 rings (SSSR count). The summed E-state index contributed by atoms with van der Waals surface area (Å²) in [6.07, 6.45) is 3.62. The second kappa shape index (κ2) is 6.56. The van der Waals surface area contributed by atoms with Gasteiger partial charge in [0.15, 0.2) is 0 Å². The van der Waals surface area contributed by atoms with E-state index in [0.29, 0.717) is 12.2 Å². The molecule has 1 aromatic heterocycles. The number of nitrogens with zero attached hydrogens (tertiary/aromatic N) is 2. The van der Waals surface area contributed by atoms with E-state index in [1.807, 2.05) is 17.7 Å². The van der Waals surface area contributed by atoms with Gasteiger partial charge in [0.1, 0.15) is 11.6 Å². The van der Waals surface area contributed by atoms with Gasteiger partial charge < -0.3 is 14.6 Å². The molecule has 0 aliphatic carbocycles. The van der Waals surface area contributed by atoms with E-state index in [2.05, 4.69) is 15.0 Å². The smallest absolute Gasteiger partial charge is 0.387 e. The molecule has 0 bridgehead atoms. The van der Waals surface area contributed by atoms with Gasteiger partial charge in [-0.15, -0.1) is 0 Å². The van der Waals surface area contributed by atoms with Gasteiger partial charge in [-0.25, -0.2) is 4.98 Å². The number of hydrogen-bond acceptors (Lipinski definition) is 3. The minimum Gasteiger partial charge on any atom is -0.433 e. The second-order valence-electron chi connectivity index (χ2n) is 4.01. The average Bonchev–Trinajstić information content (AvgIpc) is 2.86. The molecule has 20 heavy (non-hydrogen) atoms. The third-order valence-corrected chi connectivity index (χ3v) is 3.04. The summed E-state index contributed by atoms with van der Waals surface area (Å²) in [4.78, 5) is 4.23. The Morgan fingerprint density at radius 3 is 2.90 bits per heavy atom. The summed E-state index contributed by atoms with van der Waals surface area (Å²) >= 11 is 5.87. The standard InChI is InChI=1S/C13H14ClF2N3O/c1-2-19-6-5-17-12(19)8-18-9-3-4-11(10(14)7-9)20-13(15)16/h3-7,13,18H,2,8H2,1H3. The van der Waals surface area contributed by atoms with E-state index in [4.69, 9.17) is 11.6 Å². The summed E-state index contributed by atoms with van der Waals surface area (Å²) in [5.41, 5.74) is 0.710. The number of benzene rings is 1. The van der Waals surface area contributed by atoms with Crippen molar-refractivity contribution >= 4 is 17.3 Å². The van der Waals surface area contributed by atoms with Gasteiger partial charge >= 0.3 is 6.61 Å². The summed E-state index contributed by atoms with van der Waals surface area (Å²) in [5.74, 6) is 0.846. The maximum Gasteiger partial charge on any atom is 0.387 e. The third-order valence-electron chi connectivity index (χ3n) is 2.74. The van der Waals surface area contributed by atoms with Gasteiger partial charge in [-0.2, -0.15) is 8.78 Å². The first kappa shape index (κ1) is 14.6. The van der Waals surface area contributed by atoms with E-state index in [0.717, 1.165) is 12.4 Å². The first-order chi connectivity index (χ1) is 9.60. The number of ether oxygens (including phenoxy) is 1. The number of alkyl halides is 2. The van der Waals surface area contributed by atoms with Crippen LogP contribution in [0.15, 0.2) is 30.6 Å². The van der Waals surface area contributed by atoms with Crippen molar-refractivity contribution in [3.8, 4) is 5.75 Å². The van der Waals surface area contributed by atoms with E-state index in [1.54, 1.807) is 18.3 Å². The van der Waals surface area contributed by atoms with Crippen LogP contribution >= 0.6 is 11.6 Å². The zero-order valence-corrected chi connectivity index (χ0v) is 11.6. The molecule has 0 aliphatic heterocycles. The molecule has 0 saturated heterocycles. The average molecular weight is 302 g/mol. The molecule has 1 aromatic carbocycles. The van der Waals surface area contributed by atoms with Crippen LogP contribution in [0, 0.1) is 0 Å². The Labute approximate surface area is 120 Å². The van der Waals surface area contributed by atoms with Crippen molar-refractivity contribution in [2.45, 2.75) is 26.6 Å². The lowest BCUT2D eigenvalue weighted by molar-refractivity contribution is -0.0497. The number of hydrogen-bond donors (Lipinski definition) is 1. The van der Waals surface area contributed by atoms with Crippen LogP contribution in [0.25, 0.3) is 0 Å². The van der Waals surface area contributed by atoms with Crippen molar-refractivity contribution in [1.29, 1.82) is 0 Å². The maximum atomic E-state index is 12.1. The normalized spacial score (nSPS) is 10.8. The molecule has 1 N–H and O–H groups in total. The molecule has 1 heterocycles. The van der Waals surface area contributed by atoms with Crippen LogP contribution in [-0.4, -0.2) is 16.2 Å². The number of nitrogens with one attached hydrogen (secondary N) is 1. The SMILES string of the molecule is CCn1ccnc1CNc1ccc(OC(F)F)c(Cl)c1. The molecule has 0 saturated carbocycles. The number of aromatic nitrogens is 2. The Balaban J connectivity index is 2.02. The molecule has 108 valence electrons. The van der Waals surface area contributed by atoms with Crippen LogP contribution in [0.3, 0.4) is 0 Å². The monoisotopic (exact) mass is 301 g/mol. The first-order valence-electron chi connectivity index (χ1n) is 6.08. The van der Waals surface area contributed by atoms with Gasteiger partial charge in [0.2, 0.25) is 0 Å². The molecule has 4 nitrogen and oxygen atoms in total. The van der Waals surface area contributed by atoms with Crippen molar-refractivity contribution in [3.63, 3.8) is 0 Å². The molecule has 0 amide bonds. The lowest BCUT2D eigenvalue weighted by Crippen LogP contribution is -2.07. The van der Waals surface area contributed by atoms with E-state index >= 15 is 0 Å². The van der Waals surface area contributed by atoms with Crippen LogP contribution in [0.2, 0.25) is 5.02 Å². The minimum atomic E-state index is -2.89. The molecule has 0 atom stereocenters. The van der Waals surface area contributed by atoms with Crippen molar-refractivity contribution in [2.75, 3.05) is 5.32 Å². The zero-order chi connectivity index (χ0) is 14.5. The van der Waals surface area contributed by atoms with Crippen molar-refractivity contribution in [3.05, 3.63) is 41.4 Å². The molecule has 0 radical (unpaired) electrons. The Morgan fingerprint density at radius 2 is 2.25 bits per heavy atom. The van der Waals surface area contributed by atoms with Gasteiger partial charge in [-0.3, -0.25) is 0 Å². The summed E-state index contributed by atoms with van der Waals surface area (Å²) in [6, 6.07) is 4.57. The van der Waals surface area contributed by atoms with Crippen LogP contribution in [0.1, 0.15) is 12.7 Å². The molecule has 2 aromatic rings. The maximum absolute atomic E-state index is 12.1. The predicted molar refractivity (Wildman–Crippen MR) is 73.3 cm³/mol. The lowest BCUT2D eigenvalue weighted by atomic mass is 10.3. The van der Waals surface area contributed by atoms with E-state index in [1.165, 1.54) is 6.07 Å². The van der Waals surface area contributed by atoms with Crippen LogP contribution in [0.5, 0.6) is 5.75 Å². The molecule has 0 spiro atoms. The molecule has 0 unspecified atom stereocenters. The quantitative estimate of drug-likeness (QED) is 0.883. The fourth-order valence-corrected chi connectivity index (χ4v) is 2.00. The summed E-state index contributed by atoms with van der Waals surface area (Å²) in [5, 5.41) is 3.27. The fourth-order valence-electron chi connectivity index (χ4n) is 1.78. The van der Waals surface area contributed by atoms with Gasteiger partial charge in [0.25, 0.3) is 0 Å². The Bertz CT molecular complexity index is 574. The van der Waals surface area contributed by atoms with Crippen LogP contribution in [0.4, 0.5) is 14.5 Å². The number of aryl methyl sites for hydroxylation is 1. The molecule has 0 fully saturated rings. The number of imidazole rings is 1. The highest BCUT2D eigenvalue weighted by Gasteiger charge is 2.09. The van der Waals surface area contributed by atoms with Crippen LogP contribution in [-0.2, 0) is 13.1 Å². The predicted octanol–water partition coefficient (Wildman–Crippen LogP) is 3.77. The van der Waals surface area contributed by atoms with E-state index in [-0.39, 0.29) is 10.8 Å². The van der Waals surface area contributed by atoms with E-state index < -0.39 is 6.61 Å². The molecule has 7 heteroatoms. The zero-order valence-electron chi connectivity index (χ0n) is 10.8. The van der Waals surface area contributed by atoms with Crippen molar-refractivity contribution in [2.24, 2.45) is 0 Å². The minimum absolute atomic E-state index is 0.0396. The Morgan fingerprint density at radius 1 is 1.45 bits per heavy atom.